The molecule has 2 aromatic carbocycles. The minimum atomic E-state index is -0.276. The molecule has 1 aromatic heterocycles. The average molecular weight is 323 g/mol. The van der Waals surface area contributed by atoms with Crippen molar-refractivity contribution in [1.82, 2.24) is 9.55 Å². The molecule has 5 heteroatoms. The van der Waals surface area contributed by atoms with Crippen LogP contribution in [0.3, 0.4) is 0 Å². The molecular formula is C19H18FN3O. The van der Waals surface area contributed by atoms with E-state index in [9.17, 15) is 9.18 Å². The third-order valence-electron chi connectivity index (χ3n) is 3.80. The van der Waals surface area contributed by atoms with Crippen molar-refractivity contribution in [2.45, 2.75) is 12.8 Å². The molecule has 0 saturated heterocycles. The van der Waals surface area contributed by atoms with Crippen molar-refractivity contribution in [3.8, 4) is 11.4 Å². The van der Waals surface area contributed by atoms with Gasteiger partial charge >= 0.3 is 0 Å². The van der Waals surface area contributed by atoms with Gasteiger partial charge in [0.1, 0.15) is 11.6 Å². The van der Waals surface area contributed by atoms with E-state index in [0.29, 0.717) is 17.7 Å². The molecule has 0 saturated carbocycles. The highest BCUT2D eigenvalue weighted by Gasteiger charge is 2.08. The van der Waals surface area contributed by atoms with E-state index in [1.54, 1.807) is 24.4 Å². The van der Waals surface area contributed by atoms with Crippen molar-refractivity contribution < 1.29 is 9.18 Å². The number of anilines is 1. The van der Waals surface area contributed by atoms with Crippen LogP contribution in [-0.2, 0) is 18.3 Å². The molecule has 0 aliphatic heterocycles. The number of imidazole rings is 1. The number of nitrogens with zero attached hydrogens (tertiary/aromatic N) is 2. The topological polar surface area (TPSA) is 46.9 Å². The van der Waals surface area contributed by atoms with Gasteiger partial charge < -0.3 is 9.88 Å². The van der Waals surface area contributed by atoms with Gasteiger partial charge in [-0.1, -0.05) is 30.3 Å². The molecule has 0 fully saturated rings. The standard InChI is InChI=1S/C19H18FN3O/c1-23-12-11-21-19(23)15-6-4-7-16(13-15)22-18(24)10-9-14-5-2-3-8-17(14)20/h2-8,11-13H,9-10H2,1H3,(H,22,24). The van der Waals surface area contributed by atoms with Gasteiger partial charge in [-0.05, 0) is 30.2 Å². The van der Waals surface area contributed by atoms with Crippen LogP contribution in [0.1, 0.15) is 12.0 Å². The number of aromatic nitrogens is 2. The highest BCUT2D eigenvalue weighted by Crippen LogP contribution is 2.21. The van der Waals surface area contributed by atoms with Crippen LogP contribution in [0, 0.1) is 5.82 Å². The van der Waals surface area contributed by atoms with Crippen LogP contribution in [-0.4, -0.2) is 15.5 Å². The molecule has 24 heavy (non-hydrogen) atoms. The van der Waals surface area contributed by atoms with Crippen molar-refractivity contribution in [2.75, 3.05) is 5.32 Å². The molecule has 0 radical (unpaired) electrons. The average Bonchev–Trinajstić information content (AvgIpc) is 3.00. The largest absolute Gasteiger partial charge is 0.334 e. The summed E-state index contributed by atoms with van der Waals surface area (Å²) in [6.45, 7) is 0. The van der Waals surface area contributed by atoms with Crippen LogP contribution >= 0.6 is 0 Å². The van der Waals surface area contributed by atoms with Gasteiger partial charge in [0.05, 0.1) is 0 Å². The minimum absolute atomic E-state index is 0.143. The smallest absolute Gasteiger partial charge is 0.224 e. The zero-order valence-electron chi connectivity index (χ0n) is 13.4. The Bertz CT molecular complexity index is 857. The lowest BCUT2D eigenvalue weighted by atomic mass is 10.1. The van der Waals surface area contributed by atoms with Gasteiger partial charge in [-0.2, -0.15) is 0 Å². The summed E-state index contributed by atoms with van der Waals surface area (Å²) < 4.78 is 15.5. The Morgan fingerprint density at radius 1 is 1.21 bits per heavy atom. The first-order valence-electron chi connectivity index (χ1n) is 7.74. The fraction of sp³-hybridized carbons (Fsp3) is 0.158. The highest BCUT2D eigenvalue weighted by atomic mass is 19.1. The molecule has 0 aliphatic rings. The zero-order valence-corrected chi connectivity index (χ0v) is 13.4. The predicted octanol–water partition coefficient (Wildman–Crippen LogP) is 3.80. The predicted molar refractivity (Wildman–Crippen MR) is 92.0 cm³/mol. The molecule has 3 rings (SSSR count). The molecule has 0 unspecified atom stereocenters. The summed E-state index contributed by atoms with van der Waals surface area (Å²) in [5.41, 5.74) is 2.18. The van der Waals surface area contributed by atoms with Gasteiger partial charge in [-0.25, -0.2) is 9.37 Å². The Balaban J connectivity index is 1.65. The SMILES string of the molecule is Cn1ccnc1-c1cccc(NC(=O)CCc2ccccc2F)c1. The number of rotatable bonds is 5. The van der Waals surface area contributed by atoms with Crippen molar-refractivity contribution >= 4 is 11.6 Å². The number of hydrogen-bond acceptors (Lipinski definition) is 2. The number of nitrogens with one attached hydrogen (secondary N) is 1. The summed E-state index contributed by atoms with van der Waals surface area (Å²) in [6.07, 6.45) is 4.20. The van der Waals surface area contributed by atoms with Crippen LogP contribution in [0.2, 0.25) is 0 Å². The molecule has 0 spiro atoms. The molecule has 3 aromatic rings. The van der Waals surface area contributed by atoms with Crippen molar-refractivity contribution in [3.63, 3.8) is 0 Å². The lowest BCUT2D eigenvalue weighted by Gasteiger charge is -2.08. The summed E-state index contributed by atoms with van der Waals surface area (Å²) in [4.78, 5) is 16.4. The number of halogens is 1. The lowest BCUT2D eigenvalue weighted by molar-refractivity contribution is -0.116. The summed E-state index contributed by atoms with van der Waals surface area (Å²) in [6, 6.07) is 14.0. The van der Waals surface area contributed by atoms with Gasteiger partial charge in [-0.3, -0.25) is 4.79 Å². The number of amides is 1. The van der Waals surface area contributed by atoms with Crippen LogP contribution in [0.4, 0.5) is 10.1 Å². The Kier molecular flexibility index (Phi) is 4.70. The molecule has 1 heterocycles. The summed E-state index contributed by atoms with van der Waals surface area (Å²) >= 11 is 0. The zero-order chi connectivity index (χ0) is 16.9. The monoisotopic (exact) mass is 323 g/mol. The van der Waals surface area contributed by atoms with Gasteiger partial charge in [0.15, 0.2) is 0 Å². The van der Waals surface area contributed by atoms with E-state index in [0.717, 1.165) is 11.4 Å². The third-order valence-corrected chi connectivity index (χ3v) is 3.80. The first-order chi connectivity index (χ1) is 11.6. The fourth-order valence-corrected chi connectivity index (χ4v) is 2.55. The molecule has 0 atom stereocenters. The molecule has 0 bridgehead atoms. The first-order valence-corrected chi connectivity index (χ1v) is 7.74. The third kappa shape index (κ3) is 3.68. The summed E-state index contributed by atoms with van der Waals surface area (Å²) in [5, 5.41) is 2.86. The van der Waals surface area contributed by atoms with E-state index in [4.69, 9.17) is 0 Å². The second-order valence-electron chi connectivity index (χ2n) is 5.58. The Labute approximate surface area is 140 Å². The molecular weight excluding hydrogens is 305 g/mol. The number of benzene rings is 2. The molecule has 1 N–H and O–H groups in total. The van der Waals surface area contributed by atoms with Gasteiger partial charge in [0.2, 0.25) is 5.91 Å². The number of carbonyl (C=O) groups is 1. The minimum Gasteiger partial charge on any atom is -0.334 e. The Morgan fingerprint density at radius 3 is 2.79 bits per heavy atom. The summed E-state index contributed by atoms with van der Waals surface area (Å²) in [7, 11) is 1.92. The fourth-order valence-electron chi connectivity index (χ4n) is 2.55. The van der Waals surface area contributed by atoms with Gasteiger partial charge in [-0.15, -0.1) is 0 Å². The molecule has 4 nitrogen and oxygen atoms in total. The normalized spacial score (nSPS) is 10.6. The van der Waals surface area contributed by atoms with E-state index in [-0.39, 0.29) is 18.1 Å². The molecule has 1 amide bonds. The van der Waals surface area contributed by atoms with E-state index in [2.05, 4.69) is 10.3 Å². The van der Waals surface area contributed by atoms with Crippen LogP contribution < -0.4 is 5.32 Å². The number of carbonyl (C=O) groups excluding carboxylic acids is 1. The maximum absolute atomic E-state index is 13.6. The maximum Gasteiger partial charge on any atom is 0.224 e. The van der Waals surface area contributed by atoms with Crippen LogP contribution in [0.25, 0.3) is 11.4 Å². The van der Waals surface area contributed by atoms with E-state index >= 15 is 0 Å². The molecule has 122 valence electrons. The van der Waals surface area contributed by atoms with Crippen molar-refractivity contribution in [1.29, 1.82) is 0 Å². The first kappa shape index (κ1) is 15.9. The Hall–Kier alpha value is -2.95. The van der Waals surface area contributed by atoms with Crippen LogP contribution in [0.15, 0.2) is 60.9 Å². The summed E-state index contributed by atoms with van der Waals surface area (Å²) in [5.74, 6) is 0.412. The van der Waals surface area contributed by atoms with Crippen LogP contribution in [0.5, 0.6) is 0 Å². The number of aryl methyl sites for hydroxylation is 2. The van der Waals surface area contributed by atoms with Gasteiger partial charge in [0.25, 0.3) is 0 Å². The quantitative estimate of drug-likeness (QED) is 0.776. The molecule has 0 aliphatic carbocycles. The second-order valence-corrected chi connectivity index (χ2v) is 5.58. The number of hydrogen-bond donors (Lipinski definition) is 1. The maximum atomic E-state index is 13.6. The van der Waals surface area contributed by atoms with E-state index in [1.165, 1.54) is 6.07 Å². The lowest BCUT2D eigenvalue weighted by Crippen LogP contribution is -2.12. The van der Waals surface area contributed by atoms with Crippen molar-refractivity contribution in [3.05, 3.63) is 72.3 Å². The highest BCUT2D eigenvalue weighted by molar-refractivity contribution is 5.91. The Morgan fingerprint density at radius 2 is 2.04 bits per heavy atom. The van der Waals surface area contributed by atoms with Crippen molar-refractivity contribution in [2.24, 2.45) is 7.05 Å². The van der Waals surface area contributed by atoms with E-state index in [1.807, 2.05) is 42.1 Å². The van der Waals surface area contributed by atoms with Gasteiger partial charge in [0, 0.05) is 37.1 Å². The second kappa shape index (κ2) is 7.08. The van der Waals surface area contributed by atoms with E-state index < -0.39 is 0 Å².